The molecule has 0 atom stereocenters. The third-order valence-corrected chi connectivity index (χ3v) is 10.5. The SMILES string of the molecule is COC(=O)c1c(C(F)F)nc(C(F)(F)F)c(C(=O)OC)c1C[Si](C)(C)C(C)(C)C. The molecule has 0 unspecified atom stereocenters. The topological polar surface area (TPSA) is 65.5 Å². The summed E-state index contributed by atoms with van der Waals surface area (Å²) in [6.07, 6.45) is -8.71. The Morgan fingerprint density at radius 3 is 1.79 bits per heavy atom. The van der Waals surface area contributed by atoms with Crippen molar-refractivity contribution in [3.8, 4) is 0 Å². The third-order valence-electron chi connectivity index (χ3n) is 5.23. The first-order valence-electron chi connectivity index (χ1n) is 8.58. The number of alkyl halides is 5. The molecule has 0 N–H and O–H groups in total. The third kappa shape index (κ3) is 5.12. The summed E-state index contributed by atoms with van der Waals surface area (Å²) in [5.74, 6) is -2.70. The summed E-state index contributed by atoms with van der Waals surface area (Å²) in [5.41, 5.74) is -5.49. The first-order chi connectivity index (χ1) is 13.0. The highest BCUT2D eigenvalue weighted by Gasteiger charge is 2.45. The van der Waals surface area contributed by atoms with E-state index in [4.69, 9.17) is 0 Å². The van der Waals surface area contributed by atoms with Gasteiger partial charge in [0.05, 0.1) is 33.4 Å². The van der Waals surface area contributed by atoms with E-state index < -0.39 is 60.7 Å². The molecule has 29 heavy (non-hydrogen) atoms. The number of hydrogen-bond donors (Lipinski definition) is 0. The molecule has 11 heteroatoms. The number of ether oxygens (including phenoxy) is 2. The number of methoxy groups -OCH3 is 2. The molecule has 1 aromatic rings. The van der Waals surface area contributed by atoms with E-state index in [0.29, 0.717) is 0 Å². The van der Waals surface area contributed by atoms with E-state index in [9.17, 15) is 31.5 Å². The van der Waals surface area contributed by atoms with Crippen molar-refractivity contribution in [3.63, 3.8) is 0 Å². The van der Waals surface area contributed by atoms with Gasteiger partial charge in [0.2, 0.25) is 0 Å². The van der Waals surface area contributed by atoms with Gasteiger partial charge in [0.15, 0.2) is 5.69 Å². The second kappa shape index (κ2) is 8.37. The number of hydrogen-bond acceptors (Lipinski definition) is 5. The maximum absolute atomic E-state index is 13.6. The zero-order valence-electron chi connectivity index (χ0n) is 17.3. The van der Waals surface area contributed by atoms with Gasteiger partial charge in [0, 0.05) is 0 Å². The van der Waals surface area contributed by atoms with E-state index >= 15 is 0 Å². The van der Waals surface area contributed by atoms with Gasteiger partial charge in [0.25, 0.3) is 6.43 Å². The molecule has 0 bridgehead atoms. The molecule has 0 fully saturated rings. The lowest BCUT2D eigenvalue weighted by Crippen LogP contribution is -2.41. The van der Waals surface area contributed by atoms with Crippen LogP contribution in [0, 0.1) is 0 Å². The Labute approximate surface area is 166 Å². The van der Waals surface area contributed by atoms with Gasteiger partial charge in [-0.25, -0.2) is 23.4 Å². The average Bonchev–Trinajstić information content (AvgIpc) is 2.57. The summed E-state index contributed by atoms with van der Waals surface area (Å²) in [6.45, 7) is 9.22. The van der Waals surface area contributed by atoms with Crippen LogP contribution >= 0.6 is 0 Å². The second-order valence-corrected chi connectivity index (χ2v) is 13.8. The van der Waals surface area contributed by atoms with E-state index in [1.807, 2.05) is 33.9 Å². The smallest absolute Gasteiger partial charge is 0.434 e. The van der Waals surface area contributed by atoms with Crippen molar-refractivity contribution in [2.24, 2.45) is 0 Å². The molecule has 0 amide bonds. The van der Waals surface area contributed by atoms with Gasteiger partial charge in [0.1, 0.15) is 5.69 Å². The highest BCUT2D eigenvalue weighted by Crippen LogP contribution is 2.42. The number of rotatable bonds is 5. The summed E-state index contributed by atoms with van der Waals surface area (Å²) in [7, 11) is -0.757. The molecule has 0 spiro atoms. The van der Waals surface area contributed by atoms with E-state index in [1.165, 1.54) is 0 Å². The normalized spacial score (nSPS) is 12.9. The van der Waals surface area contributed by atoms with Crippen molar-refractivity contribution in [2.45, 2.75) is 57.5 Å². The molecule has 0 radical (unpaired) electrons. The van der Waals surface area contributed by atoms with Gasteiger partial charge >= 0.3 is 18.1 Å². The average molecular weight is 441 g/mol. The Kier molecular flexibility index (Phi) is 7.21. The maximum Gasteiger partial charge on any atom is 0.434 e. The summed E-state index contributed by atoms with van der Waals surface area (Å²) in [4.78, 5) is 27.6. The van der Waals surface area contributed by atoms with Gasteiger partial charge in [-0.2, -0.15) is 13.2 Å². The maximum atomic E-state index is 13.6. The van der Waals surface area contributed by atoms with Crippen molar-refractivity contribution in [1.29, 1.82) is 0 Å². The summed E-state index contributed by atoms with van der Waals surface area (Å²) < 4.78 is 77.1. The second-order valence-electron chi connectivity index (χ2n) is 8.17. The Morgan fingerprint density at radius 2 is 1.45 bits per heavy atom. The molecule has 0 aliphatic heterocycles. The Hall–Kier alpha value is -2.04. The van der Waals surface area contributed by atoms with Crippen LogP contribution in [0.15, 0.2) is 0 Å². The number of esters is 2. The molecule has 1 rings (SSSR count). The van der Waals surface area contributed by atoms with Gasteiger partial charge in [-0.05, 0) is 16.6 Å². The number of aromatic nitrogens is 1. The van der Waals surface area contributed by atoms with Gasteiger partial charge in [-0.3, -0.25) is 0 Å². The number of halogens is 5. The van der Waals surface area contributed by atoms with Crippen LogP contribution in [0.25, 0.3) is 0 Å². The largest absolute Gasteiger partial charge is 0.465 e. The molecule has 0 saturated heterocycles. The minimum Gasteiger partial charge on any atom is -0.465 e. The lowest BCUT2D eigenvalue weighted by Gasteiger charge is -2.38. The summed E-state index contributed by atoms with van der Waals surface area (Å²) >= 11 is 0. The van der Waals surface area contributed by atoms with Crippen molar-refractivity contribution >= 4 is 20.0 Å². The van der Waals surface area contributed by atoms with E-state index in [-0.39, 0.29) is 11.1 Å². The predicted octanol–water partition coefficient (Wildman–Crippen LogP) is 5.20. The van der Waals surface area contributed by atoms with Gasteiger partial charge in [-0.1, -0.05) is 33.9 Å². The first-order valence-corrected chi connectivity index (χ1v) is 11.8. The van der Waals surface area contributed by atoms with E-state index in [2.05, 4.69) is 14.5 Å². The highest BCUT2D eigenvalue weighted by atomic mass is 28.3. The van der Waals surface area contributed by atoms with Crippen LogP contribution in [0.1, 0.15) is 64.9 Å². The molecule has 1 aromatic heterocycles. The number of pyridine rings is 1. The van der Waals surface area contributed by atoms with E-state index in [0.717, 1.165) is 14.2 Å². The van der Waals surface area contributed by atoms with Gasteiger partial charge < -0.3 is 9.47 Å². The van der Waals surface area contributed by atoms with E-state index in [1.54, 1.807) is 0 Å². The molecular formula is C18H24F5NO4Si. The molecule has 5 nitrogen and oxygen atoms in total. The standard InChI is InChI=1S/C18H24F5NO4Si/c1-17(2,3)29(6,7)8-9-10(15(25)27-4)12(14(19)20)24-13(18(21,22)23)11(9)16(26)28-5/h14H,8H2,1-7H3. The summed E-state index contributed by atoms with van der Waals surface area (Å²) in [6, 6.07) is -0.170. The van der Waals surface area contributed by atoms with Crippen LogP contribution in [0.5, 0.6) is 0 Å². The quantitative estimate of drug-likeness (QED) is 0.357. The predicted molar refractivity (Wildman–Crippen MR) is 97.8 cm³/mol. The molecule has 0 saturated carbocycles. The van der Waals surface area contributed by atoms with Crippen LogP contribution in [0.3, 0.4) is 0 Å². The first kappa shape index (κ1) is 25.0. The fourth-order valence-electron chi connectivity index (χ4n) is 2.55. The number of carbonyl (C=O) groups excluding carboxylic acids is 2. The van der Waals surface area contributed by atoms with Crippen LogP contribution in [-0.4, -0.2) is 39.2 Å². The Morgan fingerprint density at radius 1 is 1.00 bits per heavy atom. The molecular weight excluding hydrogens is 417 g/mol. The monoisotopic (exact) mass is 441 g/mol. The van der Waals surface area contributed by atoms with Crippen LogP contribution in [0.4, 0.5) is 22.0 Å². The van der Waals surface area contributed by atoms with Crippen molar-refractivity contribution < 1.29 is 41.0 Å². The van der Waals surface area contributed by atoms with Crippen LogP contribution in [0.2, 0.25) is 18.1 Å². The lowest BCUT2D eigenvalue weighted by molar-refractivity contribution is -0.142. The highest BCUT2D eigenvalue weighted by molar-refractivity contribution is 6.79. The lowest BCUT2D eigenvalue weighted by atomic mass is 9.98. The Balaban J connectivity index is 4.17. The molecule has 0 aromatic carbocycles. The minimum absolute atomic E-state index is 0.170. The fraction of sp³-hybridized carbons (Fsp3) is 0.611. The van der Waals surface area contributed by atoms with Crippen LogP contribution in [-0.2, 0) is 21.7 Å². The molecule has 164 valence electrons. The Bertz CT molecular complexity index is 801. The number of carbonyl (C=O) groups is 2. The van der Waals surface area contributed by atoms with Gasteiger partial charge in [-0.15, -0.1) is 0 Å². The zero-order valence-corrected chi connectivity index (χ0v) is 18.3. The zero-order chi connectivity index (χ0) is 22.9. The summed E-state index contributed by atoms with van der Waals surface area (Å²) in [5, 5.41) is -0.388. The molecule has 0 aliphatic rings. The fourth-order valence-corrected chi connectivity index (χ4v) is 4.32. The number of nitrogens with zero attached hydrogens (tertiary/aromatic N) is 1. The van der Waals surface area contributed by atoms with Crippen LogP contribution < -0.4 is 0 Å². The molecule has 0 aliphatic carbocycles. The van der Waals surface area contributed by atoms with Crippen molar-refractivity contribution in [2.75, 3.05) is 14.2 Å². The molecule has 1 heterocycles. The van der Waals surface area contributed by atoms with Crippen molar-refractivity contribution in [3.05, 3.63) is 28.1 Å². The minimum atomic E-state index is -5.22. The van der Waals surface area contributed by atoms with Crippen molar-refractivity contribution in [1.82, 2.24) is 4.98 Å².